The third kappa shape index (κ3) is 3.49. The number of nitrogens with zero attached hydrogens (tertiary/aromatic N) is 1. The van der Waals surface area contributed by atoms with E-state index in [4.69, 9.17) is 4.74 Å². The van der Waals surface area contributed by atoms with Gasteiger partial charge in [-0.25, -0.2) is 4.98 Å². The summed E-state index contributed by atoms with van der Waals surface area (Å²) in [5, 5.41) is 6.71. The quantitative estimate of drug-likeness (QED) is 0.769. The van der Waals surface area contributed by atoms with E-state index in [9.17, 15) is 0 Å². The predicted octanol–water partition coefficient (Wildman–Crippen LogP) is 0.872. The molecule has 2 heterocycles. The first-order valence-corrected chi connectivity index (χ1v) is 5.41. The monoisotopic (exact) mass is 207 g/mol. The molecule has 0 saturated carbocycles. The molecule has 82 valence electrons. The fraction of sp³-hybridized carbons (Fsp3) is 0.545. The molecule has 1 atom stereocenters. The predicted molar refractivity (Wildman–Crippen MR) is 60.0 cm³/mol. The third-order valence-electron chi connectivity index (χ3n) is 2.46. The van der Waals surface area contributed by atoms with E-state index in [-0.39, 0.29) is 0 Å². The first-order chi connectivity index (χ1) is 7.45. The molecular formula is C11H17N3O. The van der Waals surface area contributed by atoms with E-state index in [0.717, 1.165) is 38.5 Å². The van der Waals surface area contributed by atoms with Crippen LogP contribution in [0, 0.1) is 0 Å². The highest BCUT2D eigenvalue weighted by molar-refractivity contribution is 5.32. The van der Waals surface area contributed by atoms with E-state index in [1.807, 2.05) is 18.2 Å². The fourth-order valence-corrected chi connectivity index (χ4v) is 1.65. The summed E-state index contributed by atoms with van der Waals surface area (Å²) in [5.41, 5.74) is 0. The minimum absolute atomic E-state index is 0.481. The maximum absolute atomic E-state index is 5.38. The van der Waals surface area contributed by atoms with Crippen molar-refractivity contribution in [1.82, 2.24) is 10.3 Å². The molecule has 0 aromatic carbocycles. The fourth-order valence-electron chi connectivity index (χ4n) is 1.65. The van der Waals surface area contributed by atoms with Crippen molar-refractivity contribution in [1.29, 1.82) is 0 Å². The van der Waals surface area contributed by atoms with Gasteiger partial charge in [0.05, 0.1) is 13.2 Å². The number of pyridine rings is 1. The summed E-state index contributed by atoms with van der Waals surface area (Å²) in [5.74, 6) is 0.939. The molecule has 0 bridgehead atoms. The Bertz CT molecular complexity index is 272. The minimum atomic E-state index is 0.481. The number of rotatable bonds is 4. The second-order valence-corrected chi connectivity index (χ2v) is 3.66. The number of nitrogens with one attached hydrogen (secondary N) is 2. The average molecular weight is 207 g/mol. The molecule has 0 aliphatic carbocycles. The van der Waals surface area contributed by atoms with Crippen LogP contribution in [0.25, 0.3) is 0 Å². The van der Waals surface area contributed by atoms with Gasteiger partial charge in [0, 0.05) is 25.3 Å². The summed E-state index contributed by atoms with van der Waals surface area (Å²) in [6, 6.07) is 6.36. The van der Waals surface area contributed by atoms with Crippen molar-refractivity contribution in [3.8, 4) is 0 Å². The van der Waals surface area contributed by atoms with Gasteiger partial charge in [-0.05, 0) is 18.6 Å². The van der Waals surface area contributed by atoms with Crippen LogP contribution in [-0.2, 0) is 4.74 Å². The van der Waals surface area contributed by atoms with E-state index >= 15 is 0 Å². The van der Waals surface area contributed by atoms with Crippen molar-refractivity contribution in [3.63, 3.8) is 0 Å². The molecule has 1 saturated heterocycles. The van der Waals surface area contributed by atoms with Crippen LogP contribution in [0.3, 0.4) is 0 Å². The van der Waals surface area contributed by atoms with Gasteiger partial charge in [-0.2, -0.15) is 0 Å². The molecule has 2 N–H and O–H groups in total. The first-order valence-electron chi connectivity index (χ1n) is 5.41. The molecule has 2 rings (SSSR count). The molecule has 1 aliphatic heterocycles. The topological polar surface area (TPSA) is 46.2 Å². The largest absolute Gasteiger partial charge is 0.379 e. The molecule has 0 radical (unpaired) electrons. The number of anilines is 1. The lowest BCUT2D eigenvalue weighted by molar-refractivity contribution is 0.0753. The Kier molecular flexibility index (Phi) is 3.93. The Morgan fingerprint density at radius 2 is 2.53 bits per heavy atom. The summed E-state index contributed by atoms with van der Waals surface area (Å²) in [6.45, 7) is 3.56. The average Bonchev–Trinajstić information content (AvgIpc) is 2.32. The van der Waals surface area contributed by atoms with Crippen LogP contribution in [0.5, 0.6) is 0 Å². The van der Waals surface area contributed by atoms with Crippen LogP contribution >= 0.6 is 0 Å². The lowest BCUT2D eigenvalue weighted by atomic mass is 10.2. The van der Waals surface area contributed by atoms with Crippen molar-refractivity contribution >= 4 is 5.82 Å². The zero-order valence-electron chi connectivity index (χ0n) is 8.78. The molecule has 0 spiro atoms. The van der Waals surface area contributed by atoms with Crippen molar-refractivity contribution in [2.75, 3.05) is 31.6 Å². The maximum Gasteiger partial charge on any atom is 0.125 e. The number of hydrogen-bond donors (Lipinski definition) is 2. The van der Waals surface area contributed by atoms with Crippen LogP contribution in [-0.4, -0.2) is 37.3 Å². The number of aromatic nitrogens is 1. The lowest BCUT2D eigenvalue weighted by Gasteiger charge is -2.23. The van der Waals surface area contributed by atoms with Crippen molar-refractivity contribution in [3.05, 3.63) is 24.4 Å². The molecule has 15 heavy (non-hydrogen) atoms. The van der Waals surface area contributed by atoms with Crippen LogP contribution in [0.2, 0.25) is 0 Å². The van der Waals surface area contributed by atoms with E-state index in [2.05, 4.69) is 15.6 Å². The zero-order valence-corrected chi connectivity index (χ0v) is 8.78. The maximum atomic E-state index is 5.38. The third-order valence-corrected chi connectivity index (χ3v) is 2.46. The van der Waals surface area contributed by atoms with Crippen LogP contribution in [0.1, 0.15) is 6.42 Å². The van der Waals surface area contributed by atoms with Gasteiger partial charge in [0.1, 0.15) is 5.82 Å². The minimum Gasteiger partial charge on any atom is -0.379 e. The molecule has 1 fully saturated rings. The molecule has 1 aromatic heterocycles. The van der Waals surface area contributed by atoms with Gasteiger partial charge in [-0.3, -0.25) is 0 Å². The lowest BCUT2D eigenvalue weighted by Crippen LogP contribution is -2.42. The zero-order chi connectivity index (χ0) is 10.3. The van der Waals surface area contributed by atoms with E-state index in [0.29, 0.717) is 6.04 Å². The van der Waals surface area contributed by atoms with Gasteiger partial charge in [0.15, 0.2) is 0 Å². The van der Waals surface area contributed by atoms with E-state index in [1.54, 1.807) is 6.20 Å². The SMILES string of the molecule is c1ccc(NCCC2COCCN2)nc1. The van der Waals surface area contributed by atoms with Gasteiger partial charge in [-0.1, -0.05) is 6.07 Å². The molecule has 1 unspecified atom stereocenters. The second-order valence-electron chi connectivity index (χ2n) is 3.66. The smallest absolute Gasteiger partial charge is 0.125 e. The van der Waals surface area contributed by atoms with Crippen molar-refractivity contribution in [2.45, 2.75) is 12.5 Å². The summed E-state index contributed by atoms with van der Waals surface area (Å²) in [7, 11) is 0. The molecule has 4 heteroatoms. The number of hydrogen-bond acceptors (Lipinski definition) is 4. The van der Waals surface area contributed by atoms with E-state index < -0.39 is 0 Å². The van der Waals surface area contributed by atoms with Gasteiger partial charge in [-0.15, -0.1) is 0 Å². The Hall–Kier alpha value is -1.13. The number of ether oxygens (including phenoxy) is 1. The second kappa shape index (κ2) is 5.68. The Morgan fingerprint density at radius 3 is 3.27 bits per heavy atom. The van der Waals surface area contributed by atoms with Gasteiger partial charge in [0.25, 0.3) is 0 Å². The van der Waals surface area contributed by atoms with Gasteiger partial charge in [0.2, 0.25) is 0 Å². The normalized spacial score (nSPS) is 21.2. The highest BCUT2D eigenvalue weighted by Crippen LogP contribution is 2.02. The molecule has 1 aliphatic rings. The Morgan fingerprint density at radius 1 is 1.53 bits per heavy atom. The van der Waals surface area contributed by atoms with Crippen LogP contribution < -0.4 is 10.6 Å². The summed E-state index contributed by atoms with van der Waals surface area (Å²) in [4.78, 5) is 4.20. The highest BCUT2D eigenvalue weighted by atomic mass is 16.5. The molecule has 4 nitrogen and oxygen atoms in total. The Balaban J connectivity index is 1.66. The van der Waals surface area contributed by atoms with Gasteiger partial charge >= 0.3 is 0 Å². The standard InChI is InChI=1S/C11H17N3O/c1-2-5-13-11(3-1)14-6-4-10-9-15-8-7-12-10/h1-3,5,10,12H,4,6-9H2,(H,13,14). The highest BCUT2D eigenvalue weighted by Gasteiger charge is 2.11. The molecule has 1 aromatic rings. The summed E-state index contributed by atoms with van der Waals surface area (Å²) in [6.07, 6.45) is 2.86. The first kappa shape index (κ1) is 10.4. The summed E-state index contributed by atoms with van der Waals surface area (Å²) >= 11 is 0. The Labute approximate surface area is 90.0 Å². The van der Waals surface area contributed by atoms with Crippen LogP contribution in [0.4, 0.5) is 5.82 Å². The number of morpholine rings is 1. The molecular weight excluding hydrogens is 190 g/mol. The van der Waals surface area contributed by atoms with Crippen molar-refractivity contribution < 1.29 is 4.74 Å². The van der Waals surface area contributed by atoms with Crippen LogP contribution in [0.15, 0.2) is 24.4 Å². The molecule has 0 amide bonds. The van der Waals surface area contributed by atoms with Gasteiger partial charge < -0.3 is 15.4 Å². The van der Waals surface area contributed by atoms with Crippen molar-refractivity contribution in [2.24, 2.45) is 0 Å². The van der Waals surface area contributed by atoms with E-state index in [1.165, 1.54) is 0 Å². The summed E-state index contributed by atoms with van der Waals surface area (Å²) < 4.78 is 5.38.